The number of imidazole rings is 2. The van der Waals surface area contributed by atoms with Gasteiger partial charge >= 0.3 is 6.18 Å². The zero-order valence-electron chi connectivity index (χ0n) is 16.8. The van der Waals surface area contributed by atoms with Crippen molar-refractivity contribution >= 4 is 28.5 Å². The van der Waals surface area contributed by atoms with Gasteiger partial charge in [-0.2, -0.15) is 13.2 Å². The summed E-state index contributed by atoms with van der Waals surface area (Å²) in [7, 11) is 0. The minimum atomic E-state index is -4.47. The van der Waals surface area contributed by atoms with Crippen LogP contribution in [-0.4, -0.2) is 41.0 Å². The van der Waals surface area contributed by atoms with E-state index in [1.54, 1.807) is 6.20 Å². The Balaban J connectivity index is 1.31. The van der Waals surface area contributed by atoms with Crippen molar-refractivity contribution in [1.29, 1.82) is 0 Å². The van der Waals surface area contributed by atoms with Crippen molar-refractivity contribution in [1.82, 2.24) is 40.4 Å². The number of nitrogens with one attached hydrogen (secondary N) is 3. The van der Waals surface area contributed by atoms with E-state index in [0.29, 0.717) is 17.0 Å². The maximum Gasteiger partial charge on any atom is 0.416 e. The van der Waals surface area contributed by atoms with Crippen LogP contribution in [-0.2, 0) is 12.7 Å². The summed E-state index contributed by atoms with van der Waals surface area (Å²) in [4.78, 5) is 34.5. The number of aromatic amines is 2. The van der Waals surface area contributed by atoms with Crippen LogP contribution < -0.4 is 5.32 Å². The molecular weight excluding hydrogens is 477 g/mol. The van der Waals surface area contributed by atoms with Gasteiger partial charge in [-0.1, -0.05) is 16.8 Å². The van der Waals surface area contributed by atoms with Gasteiger partial charge in [0.15, 0.2) is 17.3 Å². The summed E-state index contributed by atoms with van der Waals surface area (Å²) in [5.74, 6) is 0.194. The molecule has 34 heavy (non-hydrogen) atoms. The molecular formula is C20H12ClF3N8O2. The molecule has 0 spiro atoms. The van der Waals surface area contributed by atoms with Gasteiger partial charge in [-0.25, -0.2) is 19.9 Å². The molecule has 5 rings (SSSR count). The van der Waals surface area contributed by atoms with Crippen molar-refractivity contribution in [2.24, 2.45) is 0 Å². The van der Waals surface area contributed by atoms with Crippen molar-refractivity contribution < 1.29 is 22.5 Å². The number of rotatable bonds is 5. The number of nitrogens with zero attached hydrogens (tertiary/aromatic N) is 5. The predicted molar refractivity (Wildman–Crippen MR) is 112 cm³/mol. The molecule has 0 unspecified atom stereocenters. The third-order valence-electron chi connectivity index (χ3n) is 4.76. The van der Waals surface area contributed by atoms with Crippen LogP contribution in [0, 0.1) is 0 Å². The molecule has 0 aliphatic carbocycles. The summed E-state index contributed by atoms with van der Waals surface area (Å²) < 4.78 is 44.0. The fourth-order valence-corrected chi connectivity index (χ4v) is 3.42. The molecule has 14 heteroatoms. The number of hydrogen-bond acceptors (Lipinski definition) is 7. The Bertz CT molecular complexity index is 1490. The summed E-state index contributed by atoms with van der Waals surface area (Å²) in [6.07, 6.45) is -0.166. The topological polar surface area (TPSA) is 138 Å². The smallest absolute Gasteiger partial charge is 0.353 e. The third kappa shape index (κ3) is 4.08. The number of carbonyl (C=O) groups is 1. The SMILES string of the molecule is O=C(NCc1cc(-c2nc3ccc(C(F)(F)F)cc3[nH]2)on1)c1ncnc(-c2ncc[nH]2)c1Cl. The largest absolute Gasteiger partial charge is 0.416 e. The van der Waals surface area contributed by atoms with Crippen LogP contribution in [0.1, 0.15) is 21.7 Å². The molecule has 0 fully saturated rings. The average molecular weight is 489 g/mol. The number of hydrogen-bond donors (Lipinski definition) is 3. The molecule has 5 aromatic rings. The summed E-state index contributed by atoms with van der Waals surface area (Å²) in [5.41, 5.74) is 0.298. The van der Waals surface area contributed by atoms with Crippen molar-refractivity contribution in [3.8, 4) is 23.1 Å². The Morgan fingerprint density at radius 2 is 2.00 bits per heavy atom. The van der Waals surface area contributed by atoms with Gasteiger partial charge in [0.25, 0.3) is 5.91 Å². The zero-order chi connectivity index (χ0) is 23.9. The lowest BCUT2D eigenvalue weighted by atomic mass is 10.2. The molecule has 10 nitrogen and oxygen atoms in total. The normalized spacial score (nSPS) is 11.8. The third-order valence-corrected chi connectivity index (χ3v) is 5.12. The summed E-state index contributed by atoms with van der Waals surface area (Å²) in [5, 5.41) is 6.50. The van der Waals surface area contributed by atoms with E-state index in [-0.39, 0.29) is 40.1 Å². The van der Waals surface area contributed by atoms with Crippen LogP contribution >= 0.6 is 11.6 Å². The minimum Gasteiger partial charge on any atom is -0.353 e. The highest BCUT2D eigenvalue weighted by Gasteiger charge is 2.31. The second kappa shape index (κ2) is 8.26. The Morgan fingerprint density at radius 3 is 2.76 bits per heavy atom. The van der Waals surface area contributed by atoms with Gasteiger partial charge in [0.05, 0.1) is 23.1 Å². The second-order valence-electron chi connectivity index (χ2n) is 7.00. The quantitative estimate of drug-likeness (QED) is 0.340. The molecule has 0 atom stereocenters. The number of fused-ring (bicyclic) bond motifs is 1. The highest BCUT2D eigenvalue weighted by atomic mass is 35.5. The van der Waals surface area contributed by atoms with E-state index in [0.717, 1.165) is 12.1 Å². The number of amides is 1. The van der Waals surface area contributed by atoms with Gasteiger partial charge in [0.2, 0.25) is 5.76 Å². The van der Waals surface area contributed by atoms with Gasteiger partial charge in [-0.3, -0.25) is 4.79 Å². The van der Waals surface area contributed by atoms with Gasteiger partial charge in [0, 0.05) is 18.5 Å². The maximum atomic E-state index is 12.9. The number of carbonyl (C=O) groups excluding carboxylic acids is 1. The van der Waals surface area contributed by atoms with Crippen molar-refractivity contribution in [2.75, 3.05) is 0 Å². The van der Waals surface area contributed by atoms with Crippen LogP contribution in [0.15, 0.2) is 47.5 Å². The number of H-pyrrole nitrogens is 2. The van der Waals surface area contributed by atoms with E-state index in [9.17, 15) is 18.0 Å². The van der Waals surface area contributed by atoms with Crippen LogP contribution in [0.2, 0.25) is 5.02 Å². The van der Waals surface area contributed by atoms with Crippen molar-refractivity contribution in [3.63, 3.8) is 0 Å². The molecule has 0 saturated heterocycles. The highest BCUT2D eigenvalue weighted by Crippen LogP contribution is 2.32. The van der Waals surface area contributed by atoms with E-state index in [1.807, 2.05) is 0 Å². The molecule has 1 aromatic carbocycles. The molecule has 0 saturated carbocycles. The Hall–Kier alpha value is -4.26. The predicted octanol–water partition coefficient (Wildman–Crippen LogP) is 4.00. The molecule has 4 heterocycles. The Kier molecular flexibility index (Phi) is 5.24. The number of aromatic nitrogens is 7. The monoisotopic (exact) mass is 488 g/mol. The highest BCUT2D eigenvalue weighted by molar-refractivity contribution is 6.35. The maximum absolute atomic E-state index is 12.9. The van der Waals surface area contributed by atoms with Crippen LogP contribution in [0.4, 0.5) is 13.2 Å². The lowest BCUT2D eigenvalue weighted by molar-refractivity contribution is -0.137. The van der Waals surface area contributed by atoms with E-state index < -0.39 is 17.6 Å². The Labute approximate surface area is 192 Å². The molecule has 172 valence electrons. The summed E-state index contributed by atoms with van der Waals surface area (Å²) in [6.45, 7) is -0.0306. The number of alkyl halides is 3. The average Bonchev–Trinajstić information content (AvgIpc) is 3.57. The van der Waals surface area contributed by atoms with Crippen molar-refractivity contribution in [3.05, 3.63) is 65.0 Å². The van der Waals surface area contributed by atoms with E-state index in [4.69, 9.17) is 16.1 Å². The first-order valence-corrected chi connectivity index (χ1v) is 9.99. The summed E-state index contributed by atoms with van der Waals surface area (Å²) >= 11 is 6.28. The first-order chi connectivity index (χ1) is 16.3. The first-order valence-electron chi connectivity index (χ1n) is 9.61. The molecule has 0 aliphatic heterocycles. The van der Waals surface area contributed by atoms with E-state index in [1.165, 1.54) is 24.7 Å². The van der Waals surface area contributed by atoms with Crippen LogP contribution in [0.5, 0.6) is 0 Å². The van der Waals surface area contributed by atoms with Crippen LogP contribution in [0.25, 0.3) is 34.1 Å². The van der Waals surface area contributed by atoms with E-state index in [2.05, 4.69) is 40.4 Å². The second-order valence-corrected chi connectivity index (χ2v) is 7.38. The minimum absolute atomic E-state index is 0.0243. The first kappa shape index (κ1) is 21.6. The standard InChI is InChI=1S/C20H12ClF3N8O2/c21-14-15(18-25-3-4-26-18)28-8-29-16(14)19(33)27-7-10-6-13(34-32-10)17-30-11-2-1-9(20(22,23)24)5-12(11)31-17/h1-6,8H,7H2,(H,25,26)(H,27,33)(H,30,31). The zero-order valence-corrected chi connectivity index (χ0v) is 17.6. The van der Waals surface area contributed by atoms with Crippen LogP contribution in [0.3, 0.4) is 0 Å². The van der Waals surface area contributed by atoms with E-state index >= 15 is 0 Å². The lowest BCUT2D eigenvalue weighted by Gasteiger charge is -2.06. The molecule has 0 aliphatic rings. The Morgan fingerprint density at radius 1 is 1.15 bits per heavy atom. The van der Waals surface area contributed by atoms with Crippen molar-refractivity contribution in [2.45, 2.75) is 12.7 Å². The number of benzene rings is 1. The fourth-order valence-electron chi connectivity index (χ4n) is 3.15. The molecule has 1 amide bonds. The van der Waals surface area contributed by atoms with Gasteiger partial charge in [-0.15, -0.1) is 0 Å². The fraction of sp³-hybridized carbons (Fsp3) is 0.100. The molecule has 4 aromatic heterocycles. The molecule has 0 radical (unpaired) electrons. The lowest BCUT2D eigenvalue weighted by Crippen LogP contribution is -2.24. The molecule has 3 N–H and O–H groups in total. The summed E-state index contributed by atoms with van der Waals surface area (Å²) in [6, 6.07) is 4.67. The molecule has 0 bridgehead atoms. The van der Waals surface area contributed by atoms with Gasteiger partial charge in [0.1, 0.15) is 22.7 Å². The number of halogens is 4. The van der Waals surface area contributed by atoms with Gasteiger partial charge in [-0.05, 0) is 18.2 Å². The van der Waals surface area contributed by atoms with Gasteiger partial charge < -0.3 is 19.8 Å².